The molecule has 7 atom stereocenters. The van der Waals surface area contributed by atoms with Crippen molar-refractivity contribution in [3.63, 3.8) is 0 Å². The number of carbonyl (C=O) groups is 2. The maximum absolute atomic E-state index is 13.8. The Labute approximate surface area is 184 Å². The van der Waals surface area contributed by atoms with Gasteiger partial charge in [0.15, 0.2) is 0 Å². The van der Waals surface area contributed by atoms with Gasteiger partial charge in [-0.1, -0.05) is 13.0 Å². The molecule has 1 saturated heterocycles. The minimum atomic E-state index is -0.503. The summed E-state index contributed by atoms with van der Waals surface area (Å²) >= 11 is 0. The molecule has 1 aliphatic heterocycles. The minimum Gasteiger partial charge on any atom is -0.393 e. The first-order valence-corrected chi connectivity index (χ1v) is 12.0. The second-order valence-electron chi connectivity index (χ2n) is 11.1. The van der Waals surface area contributed by atoms with Crippen molar-refractivity contribution >= 4 is 11.8 Å². The molecule has 31 heavy (non-hydrogen) atoms. The monoisotopic (exact) mass is 427 g/mol. The van der Waals surface area contributed by atoms with E-state index in [4.69, 9.17) is 0 Å². The fourth-order valence-electron chi connectivity index (χ4n) is 8.11. The van der Waals surface area contributed by atoms with Crippen molar-refractivity contribution in [2.24, 2.45) is 29.1 Å². The minimum absolute atomic E-state index is 0.118. The van der Waals surface area contributed by atoms with Crippen LogP contribution >= 0.6 is 0 Å². The predicted octanol–water partition coefficient (Wildman–Crippen LogP) is 4.95. The normalized spacial score (nSPS) is 42.4. The van der Waals surface area contributed by atoms with E-state index in [0.29, 0.717) is 30.1 Å². The number of likely N-dealkylation sites (tertiary alicyclic amines) is 1. The van der Waals surface area contributed by atoms with Crippen molar-refractivity contribution in [3.8, 4) is 0 Å². The molecule has 0 bridgehead atoms. The third-order valence-electron chi connectivity index (χ3n) is 9.70. The van der Waals surface area contributed by atoms with Gasteiger partial charge in [-0.3, -0.25) is 14.5 Å². The summed E-state index contributed by atoms with van der Waals surface area (Å²) in [6, 6.07) is 5.71. The molecule has 0 spiro atoms. The van der Waals surface area contributed by atoms with E-state index in [9.17, 15) is 19.1 Å². The van der Waals surface area contributed by atoms with Crippen LogP contribution in [0.25, 0.3) is 0 Å². The largest absolute Gasteiger partial charge is 0.393 e. The maximum Gasteiger partial charge on any atom is 0.261 e. The second-order valence-corrected chi connectivity index (χ2v) is 11.1. The van der Waals surface area contributed by atoms with Gasteiger partial charge in [0.2, 0.25) is 5.91 Å². The lowest BCUT2D eigenvalue weighted by atomic mass is 9.45. The highest BCUT2D eigenvalue weighted by molar-refractivity contribution is 6.05. The lowest BCUT2D eigenvalue weighted by Crippen LogP contribution is -2.66. The molecule has 5 heteroatoms. The first-order chi connectivity index (χ1) is 14.7. The summed E-state index contributed by atoms with van der Waals surface area (Å²) in [6.45, 7) is 4.54. The van der Waals surface area contributed by atoms with Crippen LogP contribution in [0.2, 0.25) is 0 Å². The molecule has 1 N–H and O–H groups in total. The van der Waals surface area contributed by atoms with Crippen molar-refractivity contribution in [1.29, 1.82) is 0 Å². The fourth-order valence-corrected chi connectivity index (χ4v) is 8.11. The quantitative estimate of drug-likeness (QED) is 0.645. The molecule has 4 fully saturated rings. The average Bonchev–Trinajstić information content (AvgIpc) is 2.73. The Bertz CT molecular complexity index is 902. The highest BCUT2D eigenvalue weighted by Gasteiger charge is 2.60. The molecule has 1 heterocycles. The highest BCUT2D eigenvalue weighted by Crippen LogP contribution is 2.63. The van der Waals surface area contributed by atoms with Crippen LogP contribution in [-0.2, 0) is 4.79 Å². The number of amides is 2. The number of nitrogens with zero attached hydrogens (tertiary/aromatic N) is 1. The van der Waals surface area contributed by atoms with Crippen LogP contribution in [0.15, 0.2) is 24.3 Å². The van der Waals surface area contributed by atoms with Crippen molar-refractivity contribution in [3.05, 3.63) is 35.6 Å². The Morgan fingerprint density at radius 3 is 2.68 bits per heavy atom. The molecule has 1 unspecified atom stereocenters. The van der Waals surface area contributed by atoms with Crippen LogP contribution in [0.1, 0.15) is 82.0 Å². The maximum atomic E-state index is 13.8. The Morgan fingerprint density at radius 1 is 1.10 bits per heavy atom. The molecule has 2 amide bonds. The second kappa shape index (κ2) is 7.40. The van der Waals surface area contributed by atoms with Gasteiger partial charge in [-0.05, 0) is 106 Å². The molecule has 5 rings (SSSR count). The SMILES string of the molecule is C[C@]12CC[C@H](O)CC1CC[C@@H]1[C@@H]2CC[C@@]2(C)[C@H]1CCC(=O)N2C(=O)c1cccc(F)c1. The number of hydrogen-bond acceptors (Lipinski definition) is 3. The summed E-state index contributed by atoms with van der Waals surface area (Å²) < 4.78 is 13.8. The Kier molecular flexibility index (Phi) is 5.04. The van der Waals surface area contributed by atoms with Crippen molar-refractivity contribution < 1.29 is 19.1 Å². The number of rotatable bonds is 1. The van der Waals surface area contributed by atoms with Gasteiger partial charge in [-0.2, -0.15) is 0 Å². The van der Waals surface area contributed by atoms with E-state index in [0.717, 1.165) is 51.4 Å². The van der Waals surface area contributed by atoms with Gasteiger partial charge < -0.3 is 5.11 Å². The molecule has 1 aromatic carbocycles. The number of imide groups is 1. The molecule has 0 radical (unpaired) electrons. The lowest BCUT2D eigenvalue weighted by Gasteiger charge is -2.63. The first-order valence-electron chi connectivity index (χ1n) is 12.0. The fraction of sp³-hybridized carbons (Fsp3) is 0.692. The zero-order valence-electron chi connectivity index (χ0n) is 18.6. The molecule has 0 aromatic heterocycles. The van der Waals surface area contributed by atoms with E-state index in [1.54, 1.807) is 6.07 Å². The summed E-state index contributed by atoms with van der Waals surface area (Å²) in [7, 11) is 0. The Hall–Kier alpha value is -1.75. The van der Waals surface area contributed by atoms with E-state index in [2.05, 4.69) is 13.8 Å². The zero-order chi connectivity index (χ0) is 22.0. The van der Waals surface area contributed by atoms with Crippen LogP contribution in [0.5, 0.6) is 0 Å². The average molecular weight is 428 g/mol. The highest BCUT2D eigenvalue weighted by atomic mass is 19.1. The van der Waals surface area contributed by atoms with Crippen LogP contribution in [0.4, 0.5) is 4.39 Å². The van der Waals surface area contributed by atoms with Gasteiger partial charge >= 0.3 is 0 Å². The van der Waals surface area contributed by atoms with E-state index < -0.39 is 11.4 Å². The zero-order valence-corrected chi connectivity index (χ0v) is 18.6. The van der Waals surface area contributed by atoms with Crippen molar-refractivity contribution in [1.82, 2.24) is 4.90 Å². The van der Waals surface area contributed by atoms with Gasteiger partial charge in [-0.15, -0.1) is 0 Å². The lowest BCUT2D eigenvalue weighted by molar-refractivity contribution is -0.162. The number of carbonyl (C=O) groups excluding carboxylic acids is 2. The third kappa shape index (κ3) is 3.18. The number of hydrogen-bond donors (Lipinski definition) is 1. The summed E-state index contributed by atoms with van der Waals surface area (Å²) in [6.07, 6.45) is 8.05. The number of halogens is 1. The van der Waals surface area contributed by atoms with Crippen LogP contribution < -0.4 is 0 Å². The number of piperidine rings is 1. The van der Waals surface area contributed by atoms with Gasteiger partial charge in [0, 0.05) is 12.0 Å². The van der Waals surface area contributed by atoms with Crippen LogP contribution in [0.3, 0.4) is 0 Å². The standard InChI is InChI=1S/C26H34FNO3/c1-25-12-10-19(29)15-17(25)6-7-20-21(25)11-13-26(2)22(20)8-9-23(30)28(26)24(31)16-4-3-5-18(27)14-16/h3-5,14,17,19-22,29H,6-13,15H2,1-2H3/t17?,19-,20+,21-,22-,25-,26-/m0/s1. The van der Waals surface area contributed by atoms with E-state index in [1.165, 1.54) is 23.1 Å². The van der Waals surface area contributed by atoms with E-state index >= 15 is 0 Å². The Morgan fingerprint density at radius 2 is 1.90 bits per heavy atom. The van der Waals surface area contributed by atoms with Gasteiger partial charge in [0.05, 0.1) is 11.6 Å². The number of aliphatic hydroxyl groups excluding tert-OH is 1. The molecule has 4 nitrogen and oxygen atoms in total. The summed E-state index contributed by atoms with van der Waals surface area (Å²) in [5, 5.41) is 10.2. The molecule has 4 aliphatic rings. The number of benzene rings is 1. The summed E-state index contributed by atoms with van der Waals surface area (Å²) in [4.78, 5) is 28.0. The van der Waals surface area contributed by atoms with Gasteiger partial charge in [-0.25, -0.2) is 4.39 Å². The smallest absolute Gasteiger partial charge is 0.261 e. The summed E-state index contributed by atoms with van der Waals surface area (Å²) in [5.41, 5.74) is 0.00821. The molecule has 3 saturated carbocycles. The summed E-state index contributed by atoms with van der Waals surface area (Å²) in [5.74, 6) is 1.06. The molecular formula is C26H34FNO3. The van der Waals surface area contributed by atoms with Gasteiger partial charge in [0.25, 0.3) is 5.91 Å². The van der Waals surface area contributed by atoms with Crippen LogP contribution in [-0.4, -0.2) is 33.5 Å². The van der Waals surface area contributed by atoms with E-state index in [-0.39, 0.29) is 28.9 Å². The predicted molar refractivity (Wildman–Crippen MR) is 116 cm³/mol. The first kappa shape index (κ1) is 21.1. The molecular weight excluding hydrogens is 393 g/mol. The Balaban J connectivity index is 1.46. The molecule has 3 aliphatic carbocycles. The molecule has 168 valence electrons. The topological polar surface area (TPSA) is 57.6 Å². The number of aliphatic hydroxyl groups is 1. The molecule has 1 aromatic rings. The van der Waals surface area contributed by atoms with Gasteiger partial charge in [0.1, 0.15) is 5.82 Å². The third-order valence-corrected chi connectivity index (χ3v) is 9.70. The van der Waals surface area contributed by atoms with Crippen molar-refractivity contribution in [2.75, 3.05) is 0 Å². The van der Waals surface area contributed by atoms with Crippen LogP contribution in [0, 0.1) is 34.9 Å². The van der Waals surface area contributed by atoms with E-state index in [1.807, 2.05) is 0 Å². The number of fused-ring (bicyclic) bond motifs is 5. The van der Waals surface area contributed by atoms with Crippen molar-refractivity contribution in [2.45, 2.75) is 83.3 Å².